The van der Waals surface area contributed by atoms with E-state index in [2.05, 4.69) is 37.4 Å². The predicted octanol–water partition coefficient (Wildman–Crippen LogP) is 2.54. The summed E-state index contributed by atoms with van der Waals surface area (Å²) in [6.45, 7) is 6.98. The summed E-state index contributed by atoms with van der Waals surface area (Å²) in [6.07, 6.45) is 3.47. The van der Waals surface area contributed by atoms with E-state index in [1.165, 1.54) is 21.7 Å². The van der Waals surface area contributed by atoms with Gasteiger partial charge in [0.1, 0.15) is 0 Å². The fourth-order valence-electron chi connectivity index (χ4n) is 3.15. The molecule has 1 fully saturated rings. The summed E-state index contributed by atoms with van der Waals surface area (Å²) in [5.41, 5.74) is 3.54. The third-order valence-electron chi connectivity index (χ3n) is 4.88. The standard InChI is InChI=1S/C18H28N2O3S/c1-5-17(15-9-8-13(2)14(3)11-15)19-18(21)16-7-6-10-20(12-16)24(4,22)23/h8-9,11,16-17H,5-7,10,12H2,1-4H3,(H,19,21)/t16-,17+/m1/s1. The lowest BCUT2D eigenvalue weighted by Crippen LogP contribution is -2.45. The topological polar surface area (TPSA) is 66.5 Å². The van der Waals surface area contributed by atoms with Crippen LogP contribution >= 0.6 is 0 Å². The van der Waals surface area contributed by atoms with Gasteiger partial charge < -0.3 is 5.32 Å². The fraction of sp³-hybridized carbons (Fsp3) is 0.611. The summed E-state index contributed by atoms with van der Waals surface area (Å²) >= 11 is 0. The van der Waals surface area contributed by atoms with Gasteiger partial charge >= 0.3 is 0 Å². The van der Waals surface area contributed by atoms with Crippen LogP contribution in [0.2, 0.25) is 0 Å². The number of nitrogens with one attached hydrogen (secondary N) is 1. The van der Waals surface area contributed by atoms with E-state index >= 15 is 0 Å². The molecule has 1 aliphatic rings. The Morgan fingerprint density at radius 1 is 1.33 bits per heavy atom. The minimum absolute atomic E-state index is 0.0367. The molecular weight excluding hydrogens is 324 g/mol. The molecular formula is C18H28N2O3S. The summed E-state index contributed by atoms with van der Waals surface area (Å²) in [7, 11) is -3.24. The Labute approximate surface area is 145 Å². The molecule has 5 nitrogen and oxygen atoms in total. The Morgan fingerprint density at radius 3 is 2.62 bits per heavy atom. The second kappa shape index (κ2) is 7.66. The minimum atomic E-state index is -3.24. The molecule has 1 N–H and O–H groups in total. The van der Waals surface area contributed by atoms with Crippen molar-refractivity contribution in [1.29, 1.82) is 0 Å². The molecule has 24 heavy (non-hydrogen) atoms. The van der Waals surface area contributed by atoms with Crippen LogP contribution in [0.25, 0.3) is 0 Å². The van der Waals surface area contributed by atoms with Gasteiger partial charge in [0.15, 0.2) is 0 Å². The highest BCUT2D eigenvalue weighted by atomic mass is 32.2. The second-order valence-electron chi connectivity index (χ2n) is 6.77. The molecule has 0 radical (unpaired) electrons. The largest absolute Gasteiger partial charge is 0.349 e. The maximum absolute atomic E-state index is 12.6. The monoisotopic (exact) mass is 352 g/mol. The molecule has 134 valence electrons. The summed E-state index contributed by atoms with van der Waals surface area (Å²) < 4.78 is 24.9. The fourth-order valence-corrected chi connectivity index (χ4v) is 4.06. The molecule has 1 aromatic rings. The van der Waals surface area contributed by atoms with E-state index in [1.54, 1.807) is 0 Å². The molecule has 0 aliphatic carbocycles. The van der Waals surface area contributed by atoms with Gasteiger partial charge in [-0.05, 0) is 49.8 Å². The molecule has 6 heteroatoms. The van der Waals surface area contributed by atoms with Crippen LogP contribution in [0.4, 0.5) is 0 Å². The number of amides is 1. The number of piperidine rings is 1. The number of benzene rings is 1. The zero-order chi connectivity index (χ0) is 17.9. The van der Waals surface area contributed by atoms with Crippen molar-refractivity contribution in [3.63, 3.8) is 0 Å². The first-order valence-corrected chi connectivity index (χ1v) is 10.4. The molecule has 1 amide bonds. The number of sulfonamides is 1. The second-order valence-corrected chi connectivity index (χ2v) is 8.76. The van der Waals surface area contributed by atoms with Gasteiger partial charge in [-0.2, -0.15) is 0 Å². The van der Waals surface area contributed by atoms with Crippen molar-refractivity contribution < 1.29 is 13.2 Å². The zero-order valence-electron chi connectivity index (χ0n) is 15.0. The first-order chi connectivity index (χ1) is 11.2. The maximum atomic E-state index is 12.6. The van der Waals surface area contributed by atoms with Crippen LogP contribution < -0.4 is 5.32 Å². The van der Waals surface area contributed by atoms with E-state index < -0.39 is 10.0 Å². The molecule has 0 spiro atoms. The third-order valence-corrected chi connectivity index (χ3v) is 6.15. The van der Waals surface area contributed by atoms with E-state index in [1.807, 2.05) is 6.92 Å². The van der Waals surface area contributed by atoms with E-state index in [4.69, 9.17) is 0 Å². The van der Waals surface area contributed by atoms with Crippen LogP contribution in [0.5, 0.6) is 0 Å². The van der Waals surface area contributed by atoms with Gasteiger partial charge in [-0.15, -0.1) is 0 Å². The number of rotatable bonds is 5. The number of hydrogen-bond donors (Lipinski definition) is 1. The van der Waals surface area contributed by atoms with Crippen molar-refractivity contribution in [1.82, 2.24) is 9.62 Å². The predicted molar refractivity (Wildman–Crippen MR) is 96.2 cm³/mol. The Kier molecular flexibility index (Phi) is 6.04. The highest BCUT2D eigenvalue weighted by Gasteiger charge is 2.31. The average Bonchev–Trinajstić information content (AvgIpc) is 2.54. The quantitative estimate of drug-likeness (QED) is 0.885. The number of carbonyl (C=O) groups is 1. The Hall–Kier alpha value is -1.40. The van der Waals surface area contributed by atoms with Crippen molar-refractivity contribution in [3.8, 4) is 0 Å². The van der Waals surface area contributed by atoms with Crippen LogP contribution in [-0.2, 0) is 14.8 Å². The maximum Gasteiger partial charge on any atom is 0.224 e. The lowest BCUT2D eigenvalue weighted by molar-refractivity contribution is -0.126. The molecule has 0 aromatic heterocycles. The highest BCUT2D eigenvalue weighted by Crippen LogP contribution is 2.23. The Bertz CT molecular complexity index is 700. The van der Waals surface area contributed by atoms with Gasteiger partial charge in [0.2, 0.25) is 15.9 Å². The Balaban J connectivity index is 2.07. The van der Waals surface area contributed by atoms with E-state index in [9.17, 15) is 13.2 Å². The molecule has 1 saturated heterocycles. The first-order valence-electron chi connectivity index (χ1n) is 8.55. The first kappa shape index (κ1) is 18.9. The van der Waals surface area contributed by atoms with Crippen molar-refractivity contribution in [2.75, 3.05) is 19.3 Å². The normalized spacial score (nSPS) is 20.6. The SMILES string of the molecule is CC[C@H](NC(=O)[C@@H]1CCCN(S(C)(=O)=O)C1)c1ccc(C)c(C)c1. The van der Waals surface area contributed by atoms with Gasteiger partial charge in [-0.3, -0.25) is 4.79 Å². The van der Waals surface area contributed by atoms with Crippen molar-refractivity contribution >= 4 is 15.9 Å². The Morgan fingerprint density at radius 2 is 2.04 bits per heavy atom. The lowest BCUT2D eigenvalue weighted by atomic mass is 9.96. The number of aryl methyl sites for hydroxylation is 2. The van der Waals surface area contributed by atoms with Gasteiger partial charge in [-0.1, -0.05) is 25.1 Å². The molecule has 2 rings (SSSR count). The average molecular weight is 353 g/mol. The molecule has 0 bridgehead atoms. The van der Waals surface area contributed by atoms with Crippen LogP contribution in [-0.4, -0.2) is 38.0 Å². The van der Waals surface area contributed by atoms with Crippen LogP contribution in [0.1, 0.15) is 48.9 Å². The number of carbonyl (C=O) groups excluding carboxylic acids is 1. The summed E-state index contributed by atoms with van der Waals surface area (Å²) in [4.78, 5) is 12.6. The van der Waals surface area contributed by atoms with Crippen LogP contribution in [0, 0.1) is 19.8 Å². The summed E-state index contributed by atoms with van der Waals surface area (Å²) in [5.74, 6) is -0.317. The van der Waals surface area contributed by atoms with E-state index in [0.717, 1.165) is 24.8 Å². The van der Waals surface area contributed by atoms with Crippen LogP contribution in [0.3, 0.4) is 0 Å². The molecule has 1 aliphatic heterocycles. The lowest BCUT2D eigenvalue weighted by Gasteiger charge is -2.31. The van der Waals surface area contributed by atoms with Gasteiger partial charge in [0.25, 0.3) is 0 Å². The number of nitrogens with zero attached hydrogens (tertiary/aromatic N) is 1. The van der Waals surface area contributed by atoms with Crippen LogP contribution in [0.15, 0.2) is 18.2 Å². The van der Waals surface area contributed by atoms with Crippen molar-refractivity contribution in [3.05, 3.63) is 34.9 Å². The van der Waals surface area contributed by atoms with Gasteiger partial charge in [0.05, 0.1) is 18.2 Å². The molecule has 0 saturated carbocycles. The van der Waals surface area contributed by atoms with Crippen molar-refractivity contribution in [2.45, 2.75) is 46.1 Å². The molecule has 2 atom stereocenters. The molecule has 1 heterocycles. The van der Waals surface area contributed by atoms with E-state index in [-0.39, 0.29) is 24.4 Å². The van der Waals surface area contributed by atoms with Gasteiger partial charge in [-0.25, -0.2) is 12.7 Å². The minimum Gasteiger partial charge on any atom is -0.349 e. The van der Waals surface area contributed by atoms with E-state index in [0.29, 0.717) is 6.54 Å². The number of hydrogen-bond acceptors (Lipinski definition) is 3. The third kappa shape index (κ3) is 4.57. The molecule has 0 unspecified atom stereocenters. The zero-order valence-corrected chi connectivity index (χ0v) is 15.8. The summed E-state index contributed by atoms with van der Waals surface area (Å²) in [5, 5.41) is 3.11. The highest BCUT2D eigenvalue weighted by molar-refractivity contribution is 7.88. The summed E-state index contributed by atoms with van der Waals surface area (Å²) in [6, 6.07) is 6.21. The van der Waals surface area contributed by atoms with Crippen molar-refractivity contribution in [2.24, 2.45) is 5.92 Å². The smallest absolute Gasteiger partial charge is 0.224 e. The van der Waals surface area contributed by atoms with Gasteiger partial charge in [0, 0.05) is 13.1 Å². The molecule has 1 aromatic carbocycles.